The second-order valence-corrected chi connectivity index (χ2v) is 6.23. The number of rotatable bonds is 8. The van der Waals surface area contributed by atoms with E-state index in [2.05, 4.69) is 10.6 Å². The molecule has 1 aromatic carbocycles. The standard InChI is InChI=1S/C19H24N4O4/c1-13(2)22-17(24)11-21-18(25)12-27-19(26)15(10-20)9-14-5-7-16(8-6-14)23(3)4/h5-9,13H,11-12H2,1-4H3,(H,21,25)(H,22,24)/b15-9+. The summed E-state index contributed by atoms with van der Waals surface area (Å²) < 4.78 is 4.82. The SMILES string of the molecule is CC(C)NC(=O)CNC(=O)COC(=O)/C(C#N)=C/c1ccc(N(C)C)cc1. The van der Waals surface area contributed by atoms with E-state index in [1.54, 1.807) is 32.0 Å². The minimum atomic E-state index is -0.907. The van der Waals surface area contributed by atoms with Crippen LogP contribution >= 0.6 is 0 Å². The molecule has 0 saturated heterocycles. The molecule has 1 rings (SSSR count). The van der Waals surface area contributed by atoms with Crippen LogP contribution in [0.1, 0.15) is 19.4 Å². The van der Waals surface area contributed by atoms with Crippen molar-refractivity contribution >= 4 is 29.5 Å². The van der Waals surface area contributed by atoms with Crippen molar-refractivity contribution in [2.24, 2.45) is 0 Å². The van der Waals surface area contributed by atoms with Crippen molar-refractivity contribution in [2.75, 3.05) is 32.1 Å². The van der Waals surface area contributed by atoms with Gasteiger partial charge in [0.1, 0.15) is 11.6 Å². The molecule has 8 heteroatoms. The fourth-order valence-electron chi connectivity index (χ4n) is 1.98. The summed E-state index contributed by atoms with van der Waals surface area (Å²) >= 11 is 0. The van der Waals surface area contributed by atoms with Crippen molar-refractivity contribution in [3.05, 3.63) is 35.4 Å². The third-order valence-corrected chi connectivity index (χ3v) is 3.29. The van der Waals surface area contributed by atoms with E-state index in [1.165, 1.54) is 6.08 Å². The summed E-state index contributed by atoms with van der Waals surface area (Å²) in [6, 6.07) is 8.95. The Morgan fingerprint density at radius 2 is 1.81 bits per heavy atom. The molecule has 0 fully saturated rings. The first kappa shape index (κ1) is 21.7. The summed E-state index contributed by atoms with van der Waals surface area (Å²) in [5.74, 6) is -1.88. The van der Waals surface area contributed by atoms with Crippen LogP contribution < -0.4 is 15.5 Å². The van der Waals surface area contributed by atoms with Crippen molar-refractivity contribution in [3.8, 4) is 6.07 Å². The zero-order valence-corrected chi connectivity index (χ0v) is 15.9. The molecular weight excluding hydrogens is 348 g/mol. The fourth-order valence-corrected chi connectivity index (χ4v) is 1.98. The maximum atomic E-state index is 12.0. The van der Waals surface area contributed by atoms with E-state index in [9.17, 15) is 14.4 Å². The molecule has 144 valence electrons. The Morgan fingerprint density at radius 1 is 1.19 bits per heavy atom. The van der Waals surface area contributed by atoms with Crippen LogP contribution in [0.3, 0.4) is 0 Å². The minimum absolute atomic E-state index is 0.0395. The Balaban J connectivity index is 2.57. The molecule has 27 heavy (non-hydrogen) atoms. The predicted octanol–water partition coefficient (Wildman–Crippen LogP) is 0.844. The van der Waals surface area contributed by atoms with Crippen molar-refractivity contribution in [2.45, 2.75) is 19.9 Å². The maximum Gasteiger partial charge on any atom is 0.349 e. The Morgan fingerprint density at radius 3 is 2.33 bits per heavy atom. The number of benzene rings is 1. The lowest BCUT2D eigenvalue weighted by Gasteiger charge is -2.12. The summed E-state index contributed by atoms with van der Waals surface area (Å²) in [6.45, 7) is 2.80. The highest BCUT2D eigenvalue weighted by Gasteiger charge is 2.14. The lowest BCUT2D eigenvalue weighted by atomic mass is 10.1. The Labute approximate surface area is 158 Å². The molecule has 0 spiro atoms. The molecule has 0 atom stereocenters. The molecule has 2 N–H and O–H groups in total. The third-order valence-electron chi connectivity index (χ3n) is 3.29. The van der Waals surface area contributed by atoms with Gasteiger partial charge in [0.15, 0.2) is 6.61 Å². The van der Waals surface area contributed by atoms with Gasteiger partial charge in [-0.05, 0) is 37.6 Å². The smallest absolute Gasteiger partial charge is 0.349 e. The Bertz CT molecular complexity index is 746. The largest absolute Gasteiger partial charge is 0.451 e. The molecule has 0 unspecified atom stereocenters. The second-order valence-electron chi connectivity index (χ2n) is 6.23. The summed E-state index contributed by atoms with van der Waals surface area (Å²) in [5.41, 5.74) is 1.41. The molecule has 0 saturated carbocycles. The number of nitriles is 1. The van der Waals surface area contributed by atoms with E-state index in [1.807, 2.05) is 31.1 Å². The van der Waals surface area contributed by atoms with Crippen LogP contribution in [-0.4, -0.2) is 51.1 Å². The number of carbonyl (C=O) groups excluding carboxylic acids is 3. The number of amides is 2. The normalized spacial score (nSPS) is 10.7. The lowest BCUT2D eigenvalue weighted by Crippen LogP contribution is -2.41. The number of nitrogens with zero attached hydrogens (tertiary/aromatic N) is 2. The maximum absolute atomic E-state index is 12.0. The van der Waals surface area contributed by atoms with Gasteiger partial charge in [0.2, 0.25) is 5.91 Å². The van der Waals surface area contributed by atoms with Crippen LogP contribution in [0.4, 0.5) is 5.69 Å². The summed E-state index contributed by atoms with van der Waals surface area (Å²) in [6.07, 6.45) is 1.38. The molecule has 0 aliphatic rings. The molecule has 0 aliphatic carbocycles. The highest BCUT2D eigenvalue weighted by Crippen LogP contribution is 2.15. The highest BCUT2D eigenvalue weighted by atomic mass is 16.5. The van der Waals surface area contributed by atoms with E-state index in [0.29, 0.717) is 5.56 Å². The summed E-state index contributed by atoms with van der Waals surface area (Å²) in [4.78, 5) is 36.9. The third kappa shape index (κ3) is 8.05. The molecule has 0 aliphatic heterocycles. The van der Waals surface area contributed by atoms with Gasteiger partial charge in [0.25, 0.3) is 5.91 Å². The van der Waals surface area contributed by atoms with Crippen molar-refractivity contribution in [1.82, 2.24) is 10.6 Å². The topological polar surface area (TPSA) is 112 Å². The monoisotopic (exact) mass is 372 g/mol. The first-order chi connectivity index (χ1) is 12.7. The van der Waals surface area contributed by atoms with Crippen LogP contribution in [0.25, 0.3) is 6.08 Å². The number of hydrogen-bond acceptors (Lipinski definition) is 6. The second kappa shape index (κ2) is 10.6. The highest BCUT2D eigenvalue weighted by molar-refractivity contribution is 5.99. The van der Waals surface area contributed by atoms with Crippen LogP contribution in [0, 0.1) is 11.3 Å². The summed E-state index contributed by atoms with van der Waals surface area (Å²) in [5, 5.41) is 14.1. The van der Waals surface area contributed by atoms with Crippen LogP contribution in [0.15, 0.2) is 29.8 Å². The summed E-state index contributed by atoms with van der Waals surface area (Å²) in [7, 11) is 3.81. The average molecular weight is 372 g/mol. The van der Waals surface area contributed by atoms with E-state index in [0.717, 1.165) is 5.69 Å². The fraction of sp³-hybridized carbons (Fsp3) is 0.368. The molecule has 0 heterocycles. The first-order valence-electron chi connectivity index (χ1n) is 8.35. The van der Waals surface area contributed by atoms with Gasteiger partial charge < -0.3 is 20.3 Å². The molecule has 2 amide bonds. The van der Waals surface area contributed by atoms with Gasteiger partial charge >= 0.3 is 5.97 Å². The van der Waals surface area contributed by atoms with E-state index in [4.69, 9.17) is 10.00 Å². The molecule has 8 nitrogen and oxygen atoms in total. The van der Waals surface area contributed by atoms with Gasteiger partial charge in [0.05, 0.1) is 6.54 Å². The number of carbonyl (C=O) groups is 3. The van der Waals surface area contributed by atoms with Gasteiger partial charge in [-0.25, -0.2) is 4.79 Å². The van der Waals surface area contributed by atoms with Crippen molar-refractivity contribution in [1.29, 1.82) is 5.26 Å². The number of anilines is 1. The van der Waals surface area contributed by atoms with Gasteiger partial charge in [-0.2, -0.15) is 5.26 Å². The Hall–Kier alpha value is -3.34. The molecule has 0 radical (unpaired) electrons. The minimum Gasteiger partial charge on any atom is -0.451 e. The zero-order valence-electron chi connectivity index (χ0n) is 15.9. The number of esters is 1. The van der Waals surface area contributed by atoms with Gasteiger partial charge in [0, 0.05) is 25.8 Å². The first-order valence-corrected chi connectivity index (χ1v) is 8.35. The zero-order chi connectivity index (χ0) is 20.4. The lowest BCUT2D eigenvalue weighted by molar-refractivity contribution is -0.144. The van der Waals surface area contributed by atoms with Crippen molar-refractivity contribution in [3.63, 3.8) is 0 Å². The van der Waals surface area contributed by atoms with Crippen molar-refractivity contribution < 1.29 is 19.1 Å². The number of nitrogens with one attached hydrogen (secondary N) is 2. The Kier molecular flexibility index (Phi) is 8.53. The van der Waals surface area contributed by atoms with Gasteiger partial charge in [-0.3, -0.25) is 9.59 Å². The molecular formula is C19H24N4O4. The van der Waals surface area contributed by atoms with E-state index < -0.39 is 18.5 Å². The van der Waals surface area contributed by atoms with E-state index in [-0.39, 0.29) is 24.1 Å². The van der Waals surface area contributed by atoms with Crippen LogP contribution in [0.5, 0.6) is 0 Å². The average Bonchev–Trinajstić information content (AvgIpc) is 2.62. The van der Waals surface area contributed by atoms with Crippen LogP contribution in [-0.2, 0) is 19.1 Å². The predicted molar refractivity (Wildman–Crippen MR) is 102 cm³/mol. The molecule has 0 aromatic heterocycles. The van der Waals surface area contributed by atoms with E-state index >= 15 is 0 Å². The van der Waals surface area contributed by atoms with Gasteiger partial charge in [-0.15, -0.1) is 0 Å². The van der Waals surface area contributed by atoms with Gasteiger partial charge in [-0.1, -0.05) is 12.1 Å². The molecule has 1 aromatic rings. The molecule has 0 bridgehead atoms. The van der Waals surface area contributed by atoms with Crippen LogP contribution in [0.2, 0.25) is 0 Å². The quantitative estimate of drug-likeness (QED) is 0.397. The number of ether oxygens (including phenoxy) is 1. The number of hydrogen-bond donors (Lipinski definition) is 2.